The van der Waals surface area contributed by atoms with E-state index in [1.807, 2.05) is 6.92 Å². The zero-order valence-corrected chi connectivity index (χ0v) is 16.2. The summed E-state index contributed by atoms with van der Waals surface area (Å²) in [7, 11) is 1.57. The van der Waals surface area contributed by atoms with E-state index in [2.05, 4.69) is 12.2 Å². The van der Waals surface area contributed by atoms with Gasteiger partial charge in [-0.05, 0) is 42.9 Å². The Labute approximate surface area is 159 Å². The Hall–Kier alpha value is -2.57. The van der Waals surface area contributed by atoms with E-state index >= 15 is 0 Å². The molecule has 0 spiro atoms. The number of nitrogens with zero attached hydrogens (tertiary/aromatic N) is 2. The van der Waals surface area contributed by atoms with Crippen molar-refractivity contribution in [3.8, 4) is 5.75 Å². The summed E-state index contributed by atoms with van der Waals surface area (Å²) in [5.74, 6) is 0.568. The minimum atomic E-state index is -1.14. The van der Waals surface area contributed by atoms with Gasteiger partial charge in [-0.3, -0.25) is 14.5 Å². The van der Waals surface area contributed by atoms with Crippen LogP contribution in [0.1, 0.15) is 38.7 Å². The molecule has 27 heavy (non-hydrogen) atoms. The standard InChI is InChI=1S/C20H27N3O4/c1-4-20(15-7-9-16(27-3)10-8-15)18(25)23(19(26)21-20)13-17(24)22-11-5-6-14(2)12-22/h7-10,14H,4-6,11-13H2,1-3H3,(H,21,26)/t14-,20-/m1/s1. The van der Waals surface area contributed by atoms with Gasteiger partial charge in [0, 0.05) is 13.1 Å². The number of rotatable bonds is 5. The summed E-state index contributed by atoms with van der Waals surface area (Å²) in [6, 6.07) is 6.55. The second-order valence-corrected chi connectivity index (χ2v) is 7.40. The molecule has 0 bridgehead atoms. The van der Waals surface area contributed by atoms with E-state index in [1.54, 1.807) is 36.3 Å². The first-order valence-corrected chi connectivity index (χ1v) is 9.47. The number of imide groups is 1. The first-order valence-electron chi connectivity index (χ1n) is 9.47. The summed E-state index contributed by atoms with van der Waals surface area (Å²) in [4.78, 5) is 41.1. The Balaban J connectivity index is 1.79. The van der Waals surface area contributed by atoms with Gasteiger partial charge in [0.15, 0.2) is 0 Å². The number of nitrogens with one attached hydrogen (secondary N) is 1. The van der Waals surface area contributed by atoms with Crippen LogP contribution in [0, 0.1) is 5.92 Å². The molecule has 0 unspecified atom stereocenters. The van der Waals surface area contributed by atoms with Crippen LogP contribution in [-0.4, -0.2) is 54.4 Å². The molecule has 0 aromatic heterocycles. The van der Waals surface area contributed by atoms with Gasteiger partial charge in [-0.1, -0.05) is 26.0 Å². The lowest BCUT2D eigenvalue weighted by Gasteiger charge is -2.32. The van der Waals surface area contributed by atoms with Crippen LogP contribution < -0.4 is 10.1 Å². The normalized spacial score (nSPS) is 25.5. The number of carbonyl (C=O) groups is 3. The summed E-state index contributed by atoms with van der Waals surface area (Å²) in [6.07, 6.45) is 2.45. The lowest BCUT2D eigenvalue weighted by atomic mass is 9.87. The Bertz CT molecular complexity index is 733. The highest BCUT2D eigenvalue weighted by molar-refractivity contribution is 6.09. The van der Waals surface area contributed by atoms with E-state index in [0.717, 1.165) is 17.7 Å². The molecule has 2 saturated heterocycles. The molecular weight excluding hydrogens is 346 g/mol. The van der Waals surface area contributed by atoms with Gasteiger partial charge in [-0.2, -0.15) is 0 Å². The van der Waals surface area contributed by atoms with E-state index in [0.29, 0.717) is 36.7 Å². The average molecular weight is 373 g/mol. The number of hydrogen-bond donors (Lipinski definition) is 1. The summed E-state index contributed by atoms with van der Waals surface area (Å²) in [6.45, 7) is 5.11. The SMILES string of the molecule is CC[C@]1(c2ccc(OC)cc2)NC(=O)N(CC(=O)N2CCC[C@@H](C)C2)C1=O. The third-order valence-corrected chi connectivity index (χ3v) is 5.59. The molecule has 0 saturated carbocycles. The number of likely N-dealkylation sites (tertiary alicyclic amines) is 1. The number of hydrogen-bond acceptors (Lipinski definition) is 4. The van der Waals surface area contributed by atoms with Crippen LogP contribution in [0.3, 0.4) is 0 Å². The quantitative estimate of drug-likeness (QED) is 0.802. The maximum absolute atomic E-state index is 13.1. The molecule has 7 nitrogen and oxygen atoms in total. The Morgan fingerprint density at radius 3 is 2.59 bits per heavy atom. The molecular formula is C20H27N3O4. The molecule has 1 aromatic rings. The van der Waals surface area contributed by atoms with Crippen LogP contribution in [0.25, 0.3) is 0 Å². The van der Waals surface area contributed by atoms with Crippen molar-refractivity contribution in [3.05, 3.63) is 29.8 Å². The molecule has 2 atom stereocenters. The predicted octanol–water partition coefficient (Wildman–Crippen LogP) is 2.11. The molecule has 1 N–H and O–H groups in total. The fourth-order valence-electron chi connectivity index (χ4n) is 3.94. The van der Waals surface area contributed by atoms with Crippen LogP contribution >= 0.6 is 0 Å². The molecule has 2 heterocycles. The van der Waals surface area contributed by atoms with Crippen molar-refractivity contribution in [1.82, 2.24) is 15.1 Å². The zero-order chi connectivity index (χ0) is 19.6. The van der Waals surface area contributed by atoms with Crippen molar-refractivity contribution in [1.29, 1.82) is 0 Å². The molecule has 0 aliphatic carbocycles. The largest absolute Gasteiger partial charge is 0.497 e. The molecule has 3 rings (SSSR count). The van der Waals surface area contributed by atoms with Crippen molar-refractivity contribution >= 4 is 17.8 Å². The monoisotopic (exact) mass is 373 g/mol. The van der Waals surface area contributed by atoms with E-state index in [1.165, 1.54) is 0 Å². The second-order valence-electron chi connectivity index (χ2n) is 7.40. The van der Waals surface area contributed by atoms with Gasteiger partial charge in [0.2, 0.25) is 5.91 Å². The Morgan fingerprint density at radius 1 is 1.30 bits per heavy atom. The van der Waals surface area contributed by atoms with Crippen molar-refractivity contribution in [2.45, 2.75) is 38.6 Å². The summed E-state index contributed by atoms with van der Waals surface area (Å²) in [5, 5.41) is 2.81. The third kappa shape index (κ3) is 3.50. The van der Waals surface area contributed by atoms with Crippen LogP contribution in [-0.2, 0) is 15.1 Å². The van der Waals surface area contributed by atoms with Crippen LogP contribution in [0.15, 0.2) is 24.3 Å². The van der Waals surface area contributed by atoms with E-state index in [9.17, 15) is 14.4 Å². The van der Waals surface area contributed by atoms with Crippen molar-refractivity contribution in [2.75, 3.05) is 26.7 Å². The number of urea groups is 1. The minimum Gasteiger partial charge on any atom is -0.497 e. The van der Waals surface area contributed by atoms with E-state index in [-0.39, 0.29) is 18.4 Å². The molecule has 4 amide bonds. The van der Waals surface area contributed by atoms with Crippen molar-refractivity contribution < 1.29 is 19.1 Å². The van der Waals surface area contributed by atoms with Crippen molar-refractivity contribution in [3.63, 3.8) is 0 Å². The number of piperidine rings is 1. The topological polar surface area (TPSA) is 79.0 Å². The molecule has 2 aliphatic heterocycles. The first kappa shape index (κ1) is 19.2. The van der Waals surface area contributed by atoms with Gasteiger partial charge >= 0.3 is 6.03 Å². The molecule has 1 aromatic carbocycles. The Morgan fingerprint density at radius 2 is 2.00 bits per heavy atom. The van der Waals surface area contributed by atoms with Gasteiger partial charge in [-0.15, -0.1) is 0 Å². The lowest BCUT2D eigenvalue weighted by Crippen LogP contribution is -2.47. The maximum Gasteiger partial charge on any atom is 0.325 e. The number of methoxy groups -OCH3 is 1. The average Bonchev–Trinajstić information content (AvgIpc) is 2.93. The highest BCUT2D eigenvalue weighted by Crippen LogP contribution is 2.33. The lowest BCUT2D eigenvalue weighted by molar-refractivity contribution is -0.140. The van der Waals surface area contributed by atoms with Crippen LogP contribution in [0.4, 0.5) is 4.79 Å². The molecule has 2 aliphatic rings. The fourth-order valence-corrected chi connectivity index (χ4v) is 3.94. The fraction of sp³-hybridized carbons (Fsp3) is 0.550. The first-order chi connectivity index (χ1) is 12.9. The summed E-state index contributed by atoms with van der Waals surface area (Å²) >= 11 is 0. The molecule has 7 heteroatoms. The van der Waals surface area contributed by atoms with E-state index < -0.39 is 11.6 Å². The number of amides is 4. The van der Waals surface area contributed by atoms with Crippen LogP contribution in [0.5, 0.6) is 5.75 Å². The predicted molar refractivity (Wildman–Crippen MR) is 100 cm³/mol. The summed E-state index contributed by atoms with van der Waals surface area (Å²) in [5.41, 5.74) is -0.454. The van der Waals surface area contributed by atoms with E-state index in [4.69, 9.17) is 4.74 Å². The second kappa shape index (κ2) is 7.58. The Kier molecular flexibility index (Phi) is 5.39. The van der Waals surface area contributed by atoms with Gasteiger partial charge in [-0.25, -0.2) is 4.79 Å². The van der Waals surface area contributed by atoms with Crippen molar-refractivity contribution in [2.24, 2.45) is 5.92 Å². The van der Waals surface area contributed by atoms with Gasteiger partial charge < -0.3 is 15.0 Å². The van der Waals surface area contributed by atoms with Crippen LogP contribution in [0.2, 0.25) is 0 Å². The smallest absolute Gasteiger partial charge is 0.325 e. The van der Waals surface area contributed by atoms with Gasteiger partial charge in [0.1, 0.15) is 17.8 Å². The maximum atomic E-state index is 13.1. The number of carbonyl (C=O) groups excluding carboxylic acids is 3. The highest BCUT2D eigenvalue weighted by atomic mass is 16.5. The number of ether oxygens (including phenoxy) is 1. The third-order valence-electron chi connectivity index (χ3n) is 5.59. The van der Waals surface area contributed by atoms with Gasteiger partial charge in [0.05, 0.1) is 7.11 Å². The minimum absolute atomic E-state index is 0.174. The molecule has 2 fully saturated rings. The van der Waals surface area contributed by atoms with Gasteiger partial charge in [0.25, 0.3) is 5.91 Å². The zero-order valence-electron chi connectivity index (χ0n) is 16.2. The highest BCUT2D eigenvalue weighted by Gasteiger charge is 2.51. The summed E-state index contributed by atoms with van der Waals surface area (Å²) < 4.78 is 5.16. The molecule has 0 radical (unpaired) electrons. The number of benzene rings is 1. The molecule has 146 valence electrons.